The first-order valence-corrected chi connectivity index (χ1v) is 4.45. The highest BCUT2D eigenvalue weighted by Gasteiger charge is 2.12. The van der Waals surface area contributed by atoms with E-state index in [9.17, 15) is 4.79 Å². The zero-order chi connectivity index (χ0) is 10.7. The third-order valence-electron chi connectivity index (χ3n) is 1.82. The summed E-state index contributed by atoms with van der Waals surface area (Å²) in [4.78, 5) is 14.8. The Kier molecular flexibility index (Phi) is 3.19. The molecule has 0 bridgehead atoms. The van der Waals surface area contributed by atoms with Crippen LogP contribution in [0.15, 0.2) is 6.33 Å². The molecule has 78 valence electrons. The van der Waals surface area contributed by atoms with E-state index in [1.54, 1.807) is 6.33 Å². The molecule has 6 nitrogen and oxygen atoms in total. The molecule has 0 radical (unpaired) electrons. The molecule has 0 aromatic carbocycles. The van der Waals surface area contributed by atoms with Gasteiger partial charge in [-0.25, -0.2) is 4.98 Å². The highest BCUT2D eigenvalue weighted by atomic mass is 16.1. The predicted molar refractivity (Wildman–Crippen MR) is 51.3 cm³/mol. The van der Waals surface area contributed by atoms with Crippen LogP contribution < -0.4 is 11.5 Å². The number of aromatic nitrogens is 3. The largest absolute Gasteiger partial charge is 0.368 e. The summed E-state index contributed by atoms with van der Waals surface area (Å²) >= 11 is 0. The van der Waals surface area contributed by atoms with Gasteiger partial charge in [0.15, 0.2) is 5.82 Å². The molecule has 0 aliphatic rings. The minimum Gasteiger partial charge on any atom is -0.368 e. The van der Waals surface area contributed by atoms with Gasteiger partial charge in [-0.3, -0.25) is 9.48 Å². The van der Waals surface area contributed by atoms with E-state index in [-0.39, 0.29) is 12.5 Å². The lowest BCUT2D eigenvalue weighted by Crippen LogP contribution is -2.40. The molecule has 1 heterocycles. The molecule has 1 atom stereocenters. The molecule has 1 amide bonds. The lowest BCUT2D eigenvalue weighted by atomic mass is 10.2. The van der Waals surface area contributed by atoms with Crippen molar-refractivity contribution in [3.8, 4) is 0 Å². The van der Waals surface area contributed by atoms with Crippen LogP contribution in [0.3, 0.4) is 0 Å². The maximum absolute atomic E-state index is 10.7. The van der Waals surface area contributed by atoms with Gasteiger partial charge in [0.25, 0.3) is 0 Å². The maximum Gasteiger partial charge on any atom is 0.236 e. The third-order valence-corrected chi connectivity index (χ3v) is 1.82. The summed E-state index contributed by atoms with van der Waals surface area (Å²) in [7, 11) is 0. The molecule has 0 spiro atoms. The Balaban J connectivity index is 2.64. The van der Waals surface area contributed by atoms with E-state index in [2.05, 4.69) is 10.1 Å². The van der Waals surface area contributed by atoms with Crippen LogP contribution >= 0.6 is 0 Å². The van der Waals surface area contributed by atoms with Gasteiger partial charge in [0.05, 0.1) is 6.54 Å². The number of amides is 1. The molecule has 1 aromatic rings. The number of hydrogen-bond acceptors (Lipinski definition) is 4. The van der Waals surface area contributed by atoms with Crippen LogP contribution in [-0.4, -0.2) is 26.7 Å². The summed E-state index contributed by atoms with van der Waals surface area (Å²) in [6, 6.07) is -0.711. The first kappa shape index (κ1) is 10.6. The molecule has 4 N–H and O–H groups in total. The van der Waals surface area contributed by atoms with Gasteiger partial charge < -0.3 is 11.5 Å². The molecule has 0 saturated heterocycles. The van der Waals surface area contributed by atoms with Crippen molar-refractivity contribution in [2.45, 2.75) is 32.4 Å². The van der Waals surface area contributed by atoms with Crippen LogP contribution in [0.5, 0.6) is 0 Å². The fourth-order valence-electron chi connectivity index (χ4n) is 0.953. The summed E-state index contributed by atoms with van der Waals surface area (Å²) in [5, 5.41) is 4.15. The van der Waals surface area contributed by atoms with Crippen molar-refractivity contribution >= 4 is 5.91 Å². The number of rotatable bonds is 4. The lowest BCUT2D eigenvalue weighted by molar-refractivity contribution is -0.119. The standard InChI is InChI=1S/C8H15N5O/c1-5(2)8-11-4-13(12-8)3-6(9)7(10)14/h4-6H,3,9H2,1-2H3,(H2,10,14). The Morgan fingerprint density at radius 3 is 2.71 bits per heavy atom. The Morgan fingerprint density at radius 1 is 1.64 bits per heavy atom. The van der Waals surface area contributed by atoms with Crippen LogP contribution in [0.4, 0.5) is 0 Å². The summed E-state index contributed by atoms with van der Waals surface area (Å²) in [6.45, 7) is 4.26. The lowest BCUT2D eigenvalue weighted by Gasteiger charge is -2.05. The molecular formula is C8H15N5O. The van der Waals surface area contributed by atoms with Crippen molar-refractivity contribution in [2.75, 3.05) is 0 Å². The van der Waals surface area contributed by atoms with Gasteiger partial charge in [-0.15, -0.1) is 0 Å². The van der Waals surface area contributed by atoms with Gasteiger partial charge >= 0.3 is 0 Å². The van der Waals surface area contributed by atoms with Crippen LogP contribution in [0.2, 0.25) is 0 Å². The number of carbonyl (C=O) groups is 1. The molecule has 1 unspecified atom stereocenters. The number of primary amides is 1. The second-order valence-corrected chi connectivity index (χ2v) is 3.49. The highest BCUT2D eigenvalue weighted by molar-refractivity contribution is 5.79. The summed E-state index contributed by atoms with van der Waals surface area (Å²) in [5.74, 6) is 0.467. The predicted octanol–water partition coefficient (Wildman–Crippen LogP) is -0.786. The first-order chi connectivity index (χ1) is 6.50. The monoisotopic (exact) mass is 197 g/mol. The van der Waals surface area contributed by atoms with Crippen molar-refractivity contribution in [2.24, 2.45) is 11.5 Å². The second kappa shape index (κ2) is 4.19. The quantitative estimate of drug-likeness (QED) is 0.660. The summed E-state index contributed by atoms with van der Waals surface area (Å²) in [5.41, 5.74) is 10.5. The summed E-state index contributed by atoms with van der Waals surface area (Å²) < 4.78 is 1.53. The smallest absolute Gasteiger partial charge is 0.236 e. The average molecular weight is 197 g/mol. The normalized spacial score (nSPS) is 13.1. The average Bonchev–Trinajstić information content (AvgIpc) is 2.52. The van der Waals surface area contributed by atoms with E-state index in [1.165, 1.54) is 4.68 Å². The SMILES string of the molecule is CC(C)c1ncn(CC(N)C(N)=O)n1. The summed E-state index contributed by atoms with van der Waals surface area (Å²) in [6.07, 6.45) is 1.55. The molecule has 0 aliphatic carbocycles. The van der Waals surface area contributed by atoms with Gasteiger partial charge in [-0.2, -0.15) is 5.10 Å². The molecule has 0 fully saturated rings. The van der Waals surface area contributed by atoms with Crippen molar-refractivity contribution in [1.82, 2.24) is 14.8 Å². The molecule has 14 heavy (non-hydrogen) atoms. The Bertz CT molecular complexity index is 319. The minimum atomic E-state index is -0.711. The topological polar surface area (TPSA) is 99.8 Å². The Hall–Kier alpha value is -1.43. The van der Waals surface area contributed by atoms with Crippen molar-refractivity contribution < 1.29 is 4.79 Å². The number of carbonyl (C=O) groups excluding carboxylic acids is 1. The fourth-order valence-corrected chi connectivity index (χ4v) is 0.953. The number of nitrogens with two attached hydrogens (primary N) is 2. The Morgan fingerprint density at radius 2 is 2.29 bits per heavy atom. The van der Waals surface area contributed by atoms with E-state index < -0.39 is 11.9 Å². The van der Waals surface area contributed by atoms with Crippen LogP contribution in [-0.2, 0) is 11.3 Å². The zero-order valence-electron chi connectivity index (χ0n) is 8.34. The van der Waals surface area contributed by atoms with E-state index in [1.807, 2.05) is 13.8 Å². The van der Waals surface area contributed by atoms with E-state index in [0.717, 1.165) is 5.82 Å². The zero-order valence-corrected chi connectivity index (χ0v) is 8.34. The third kappa shape index (κ3) is 2.53. The first-order valence-electron chi connectivity index (χ1n) is 4.45. The van der Waals surface area contributed by atoms with Crippen molar-refractivity contribution in [3.05, 3.63) is 12.2 Å². The molecule has 0 saturated carbocycles. The van der Waals surface area contributed by atoms with Gasteiger partial charge in [-0.05, 0) is 0 Å². The van der Waals surface area contributed by atoms with Gasteiger partial charge in [-0.1, -0.05) is 13.8 Å². The van der Waals surface area contributed by atoms with Gasteiger partial charge in [0.1, 0.15) is 12.4 Å². The molecule has 1 aromatic heterocycles. The number of nitrogens with zero attached hydrogens (tertiary/aromatic N) is 3. The molecule has 1 rings (SSSR count). The van der Waals surface area contributed by atoms with Gasteiger partial charge in [0.2, 0.25) is 5.91 Å². The fraction of sp³-hybridized carbons (Fsp3) is 0.625. The number of hydrogen-bond donors (Lipinski definition) is 2. The van der Waals surface area contributed by atoms with E-state index in [4.69, 9.17) is 11.5 Å². The second-order valence-electron chi connectivity index (χ2n) is 3.49. The van der Waals surface area contributed by atoms with Crippen LogP contribution in [0, 0.1) is 0 Å². The maximum atomic E-state index is 10.7. The Labute approximate surface area is 82.3 Å². The van der Waals surface area contributed by atoms with Crippen LogP contribution in [0.1, 0.15) is 25.6 Å². The molecular weight excluding hydrogens is 182 g/mol. The molecule has 6 heteroatoms. The van der Waals surface area contributed by atoms with Crippen molar-refractivity contribution in [3.63, 3.8) is 0 Å². The minimum absolute atomic E-state index is 0.265. The van der Waals surface area contributed by atoms with E-state index >= 15 is 0 Å². The molecule has 0 aliphatic heterocycles. The van der Waals surface area contributed by atoms with Crippen molar-refractivity contribution in [1.29, 1.82) is 0 Å². The van der Waals surface area contributed by atoms with E-state index in [0.29, 0.717) is 0 Å². The van der Waals surface area contributed by atoms with Gasteiger partial charge in [0, 0.05) is 5.92 Å². The highest BCUT2D eigenvalue weighted by Crippen LogP contribution is 2.06. The van der Waals surface area contributed by atoms with Crippen LogP contribution in [0.25, 0.3) is 0 Å².